The molecule has 6 nitrogen and oxygen atoms in total. The highest BCUT2D eigenvalue weighted by molar-refractivity contribution is 6.05. The molecule has 1 aliphatic rings. The second-order valence-corrected chi connectivity index (χ2v) is 7.12. The van der Waals surface area contributed by atoms with Crippen molar-refractivity contribution in [2.45, 2.75) is 12.7 Å². The molecule has 2 aromatic heterocycles. The van der Waals surface area contributed by atoms with Crippen LogP contribution in [0.1, 0.15) is 6.92 Å². The van der Waals surface area contributed by atoms with Gasteiger partial charge in [-0.15, -0.1) is 0 Å². The van der Waals surface area contributed by atoms with Gasteiger partial charge in [-0.25, -0.2) is 9.97 Å². The van der Waals surface area contributed by atoms with Gasteiger partial charge in [-0.1, -0.05) is 60.7 Å². The minimum absolute atomic E-state index is 0.471. The third kappa shape index (κ3) is 3.37. The minimum atomic E-state index is -0.670. The second kappa shape index (κ2) is 7.31. The highest BCUT2D eigenvalue weighted by atomic mass is 16.7. The lowest BCUT2D eigenvalue weighted by molar-refractivity contribution is -0.129. The zero-order valence-electron chi connectivity index (χ0n) is 16.1. The number of fused-ring (bicyclic) bond motifs is 1. The van der Waals surface area contributed by atoms with E-state index in [1.165, 1.54) is 6.33 Å². The van der Waals surface area contributed by atoms with Gasteiger partial charge in [-0.3, -0.25) is 0 Å². The summed E-state index contributed by atoms with van der Waals surface area (Å²) >= 11 is 0. The Hall–Kier alpha value is -3.22. The van der Waals surface area contributed by atoms with Crippen molar-refractivity contribution in [3.8, 4) is 22.5 Å². The van der Waals surface area contributed by atoms with Crippen molar-refractivity contribution in [3.63, 3.8) is 0 Å². The molecule has 0 bridgehead atoms. The summed E-state index contributed by atoms with van der Waals surface area (Å²) in [5.41, 5.74) is 3.54. The maximum atomic E-state index is 6.22. The lowest BCUT2D eigenvalue weighted by Crippen LogP contribution is -2.34. The van der Waals surface area contributed by atoms with E-state index in [0.717, 1.165) is 27.8 Å². The van der Waals surface area contributed by atoms with Gasteiger partial charge < -0.3 is 19.2 Å². The summed E-state index contributed by atoms with van der Waals surface area (Å²) in [5.74, 6) is 0.797. The Morgan fingerprint density at radius 3 is 2.24 bits per heavy atom. The molecule has 3 heterocycles. The molecule has 1 aliphatic heterocycles. The molecule has 29 heavy (non-hydrogen) atoms. The molecule has 0 spiro atoms. The molecule has 0 aliphatic carbocycles. The highest BCUT2D eigenvalue weighted by Crippen LogP contribution is 2.42. The molecular formula is C23H21N3O3. The number of nitrogens with one attached hydrogen (secondary N) is 1. The van der Waals surface area contributed by atoms with Gasteiger partial charge in [0.05, 0.1) is 25.1 Å². The largest absolute Gasteiger partial charge is 0.437 e. The van der Waals surface area contributed by atoms with Crippen molar-refractivity contribution in [1.82, 2.24) is 9.97 Å². The summed E-state index contributed by atoms with van der Waals surface area (Å²) in [6.45, 7) is 3.58. The Labute approximate surface area is 168 Å². The molecule has 0 saturated carbocycles. The van der Waals surface area contributed by atoms with Gasteiger partial charge in [0.15, 0.2) is 5.79 Å². The van der Waals surface area contributed by atoms with E-state index in [2.05, 4.69) is 27.4 Å². The van der Waals surface area contributed by atoms with Gasteiger partial charge >= 0.3 is 0 Å². The summed E-state index contributed by atoms with van der Waals surface area (Å²) in [6, 6.07) is 20.2. The Kier molecular flexibility index (Phi) is 4.50. The van der Waals surface area contributed by atoms with Crippen molar-refractivity contribution in [2.75, 3.05) is 25.1 Å². The normalized spacial score (nSPS) is 15.6. The SMILES string of the molecule is CC1(CNc2ncnc3oc(-c4ccccc4)c(-c4ccccc4)c23)OCCO1. The molecule has 1 N–H and O–H groups in total. The first-order valence-electron chi connectivity index (χ1n) is 9.64. The van der Waals surface area contributed by atoms with Crippen molar-refractivity contribution < 1.29 is 13.9 Å². The molecule has 5 rings (SSSR count). The van der Waals surface area contributed by atoms with Crippen LogP contribution in [0.4, 0.5) is 5.82 Å². The van der Waals surface area contributed by atoms with Crippen LogP contribution in [-0.4, -0.2) is 35.5 Å². The number of hydrogen-bond acceptors (Lipinski definition) is 6. The maximum absolute atomic E-state index is 6.22. The number of furan rings is 1. The Morgan fingerprint density at radius 1 is 0.897 bits per heavy atom. The van der Waals surface area contributed by atoms with Crippen LogP contribution in [0.3, 0.4) is 0 Å². The number of benzene rings is 2. The predicted molar refractivity (Wildman–Crippen MR) is 111 cm³/mol. The summed E-state index contributed by atoms with van der Waals surface area (Å²) < 4.78 is 17.6. The van der Waals surface area contributed by atoms with Crippen molar-refractivity contribution >= 4 is 16.9 Å². The van der Waals surface area contributed by atoms with E-state index >= 15 is 0 Å². The predicted octanol–water partition coefficient (Wildman–Crippen LogP) is 4.73. The average molecular weight is 387 g/mol. The standard InChI is InChI=1S/C23H21N3O3/c1-23(27-12-13-28-23)14-24-21-19-18(16-8-4-2-5-9-16)20(17-10-6-3-7-11-17)29-22(19)26-15-25-21/h2-11,15H,12-14H2,1H3,(H,24,25,26). The number of rotatable bonds is 5. The number of nitrogens with zero attached hydrogens (tertiary/aromatic N) is 2. The van der Waals surface area contributed by atoms with Gasteiger partial charge in [0.25, 0.3) is 0 Å². The number of ether oxygens (including phenoxy) is 2. The van der Waals surface area contributed by atoms with Crippen LogP contribution in [0.25, 0.3) is 33.6 Å². The van der Waals surface area contributed by atoms with Crippen LogP contribution >= 0.6 is 0 Å². The maximum Gasteiger partial charge on any atom is 0.232 e. The first kappa shape index (κ1) is 17.8. The Morgan fingerprint density at radius 2 is 1.55 bits per heavy atom. The fourth-order valence-corrected chi connectivity index (χ4v) is 3.64. The monoisotopic (exact) mass is 387 g/mol. The molecule has 4 aromatic rings. The van der Waals surface area contributed by atoms with Gasteiger partial charge in [-0.2, -0.15) is 0 Å². The van der Waals surface area contributed by atoms with Gasteiger partial charge in [-0.05, 0) is 12.5 Å². The van der Waals surface area contributed by atoms with Crippen LogP contribution in [0.5, 0.6) is 0 Å². The molecule has 1 fully saturated rings. The quantitative estimate of drug-likeness (QED) is 0.534. The van der Waals surface area contributed by atoms with Crippen molar-refractivity contribution in [3.05, 3.63) is 67.0 Å². The smallest absolute Gasteiger partial charge is 0.232 e. The Balaban J connectivity index is 1.67. The zero-order valence-corrected chi connectivity index (χ0v) is 16.1. The van der Waals surface area contributed by atoms with Crippen LogP contribution in [0, 0.1) is 0 Å². The minimum Gasteiger partial charge on any atom is -0.437 e. The molecule has 6 heteroatoms. The van der Waals surface area contributed by atoms with E-state index in [0.29, 0.717) is 31.3 Å². The van der Waals surface area contributed by atoms with E-state index in [1.54, 1.807) is 0 Å². The van der Waals surface area contributed by atoms with Crippen LogP contribution < -0.4 is 5.32 Å². The second-order valence-electron chi connectivity index (χ2n) is 7.12. The van der Waals surface area contributed by atoms with E-state index in [1.807, 2.05) is 55.5 Å². The lowest BCUT2D eigenvalue weighted by Gasteiger charge is -2.22. The first-order valence-corrected chi connectivity index (χ1v) is 9.64. The van der Waals surface area contributed by atoms with Crippen LogP contribution in [-0.2, 0) is 9.47 Å². The molecule has 0 amide bonds. The highest BCUT2D eigenvalue weighted by Gasteiger charge is 2.31. The average Bonchev–Trinajstić information content (AvgIpc) is 3.38. The summed E-state index contributed by atoms with van der Waals surface area (Å²) in [4.78, 5) is 8.89. The topological polar surface area (TPSA) is 69.4 Å². The number of anilines is 1. The molecule has 0 unspecified atom stereocenters. The van der Waals surface area contributed by atoms with E-state index < -0.39 is 5.79 Å². The molecule has 0 atom stereocenters. The Bertz CT molecular complexity index is 1120. The fraction of sp³-hybridized carbons (Fsp3) is 0.217. The molecule has 146 valence electrons. The van der Waals surface area contributed by atoms with E-state index in [-0.39, 0.29) is 0 Å². The van der Waals surface area contributed by atoms with E-state index in [9.17, 15) is 0 Å². The fourth-order valence-electron chi connectivity index (χ4n) is 3.64. The van der Waals surface area contributed by atoms with E-state index in [4.69, 9.17) is 13.9 Å². The van der Waals surface area contributed by atoms with Gasteiger partial charge in [0, 0.05) is 11.1 Å². The van der Waals surface area contributed by atoms with Crippen LogP contribution in [0.2, 0.25) is 0 Å². The van der Waals surface area contributed by atoms with Gasteiger partial charge in [0.2, 0.25) is 5.71 Å². The third-order valence-electron chi connectivity index (χ3n) is 5.06. The molecular weight excluding hydrogens is 366 g/mol. The molecule has 0 radical (unpaired) electrons. The third-order valence-corrected chi connectivity index (χ3v) is 5.06. The molecule has 2 aromatic carbocycles. The molecule has 1 saturated heterocycles. The van der Waals surface area contributed by atoms with Crippen LogP contribution in [0.15, 0.2) is 71.4 Å². The number of aromatic nitrogens is 2. The lowest BCUT2D eigenvalue weighted by atomic mass is 9.99. The summed E-state index contributed by atoms with van der Waals surface area (Å²) in [5, 5.41) is 4.23. The van der Waals surface area contributed by atoms with Gasteiger partial charge in [0.1, 0.15) is 17.9 Å². The number of hydrogen-bond donors (Lipinski definition) is 1. The van der Waals surface area contributed by atoms with Crippen molar-refractivity contribution in [2.24, 2.45) is 0 Å². The zero-order chi connectivity index (χ0) is 19.7. The summed E-state index contributed by atoms with van der Waals surface area (Å²) in [7, 11) is 0. The van der Waals surface area contributed by atoms with Crippen molar-refractivity contribution in [1.29, 1.82) is 0 Å². The summed E-state index contributed by atoms with van der Waals surface area (Å²) in [6.07, 6.45) is 1.51. The first-order chi connectivity index (χ1) is 14.2.